The molecule has 3 atom stereocenters. The third-order valence-electron chi connectivity index (χ3n) is 5.77. The molecule has 1 aromatic carbocycles. The van der Waals surface area contributed by atoms with Crippen LogP contribution in [0.15, 0.2) is 12.1 Å². The van der Waals surface area contributed by atoms with Gasteiger partial charge in [-0.25, -0.2) is 0 Å². The summed E-state index contributed by atoms with van der Waals surface area (Å²) in [6.45, 7) is 5.04. The molecule has 1 aromatic rings. The first-order chi connectivity index (χ1) is 10.5. The maximum absolute atomic E-state index is 11.3. The van der Waals surface area contributed by atoms with E-state index in [-0.39, 0.29) is 17.5 Å². The van der Waals surface area contributed by atoms with Crippen LogP contribution in [0.5, 0.6) is 11.5 Å². The average Bonchev–Trinajstić information content (AvgIpc) is 2.46. The van der Waals surface area contributed by atoms with Gasteiger partial charge in [0.25, 0.3) is 0 Å². The Balaban J connectivity index is 2.26. The van der Waals surface area contributed by atoms with Crippen molar-refractivity contribution in [2.75, 3.05) is 6.54 Å². The molecule has 0 radical (unpaired) electrons. The molecule has 2 bridgehead atoms. The van der Waals surface area contributed by atoms with Crippen LogP contribution in [0.2, 0.25) is 0 Å². The molecule has 1 aliphatic heterocycles. The Morgan fingerprint density at radius 3 is 2.91 bits per heavy atom. The van der Waals surface area contributed by atoms with Gasteiger partial charge >= 0.3 is 0 Å². The molecule has 4 N–H and O–H groups in total. The van der Waals surface area contributed by atoms with Crippen molar-refractivity contribution in [1.29, 1.82) is 0 Å². The van der Waals surface area contributed by atoms with Gasteiger partial charge in [-0.15, -0.1) is 0 Å². The first kappa shape index (κ1) is 15.2. The van der Waals surface area contributed by atoms with E-state index >= 15 is 0 Å². The van der Waals surface area contributed by atoms with Gasteiger partial charge < -0.3 is 20.8 Å². The van der Waals surface area contributed by atoms with Gasteiger partial charge in [0, 0.05) is 17.0 Å². The maximum atomic E-state index is 11.3. The zero-order valence-electron chi connectivity index (χ0n) is 13.1. The second-order valence-corrected chi connectivity index (χ2v) is 6.74. The number of carbonyl (C=O) groups excluding carboxylic acids is 1. The van der Waals surface area contributed by atoms with Gasteiger partial charge in [-0.05, 0) is 37.4 Å². The minimum Gasteiger partial charge on any atom is -0.504 e. The molecule has 1 heterocycles. The number of carbonyl (C=O) groups is 1. The Hall–Kier alpha value is -1.75. The molecule has 22 heavy (non-hydrogen) atoms. The highest BCUT2D eigenvalue weighted by Crippen LogP contribution is 2.54. The van der Waals surface area contributed by atoms with E-state index in [1.807, 2.05) is 6.07 Å². The third-order valence-corrected chi connectivity index (χ3v) is 5.77. The number of piperidine rings is 1. The van der Waals surface area contributed by atoms with Crippen LogP contribution in [0, 0.1) is 0 Å². The maximum Gasteiger partial charge on any atom is 0.207 e. The smallest absolute Gasteiger partial charge is 0.207 e. The standard InChI is InChI=1S/C17H24N2O3/c1-3-6-17(19-10-20)13-9-11-4-5-12(21)15(22)14(11)16(17,2)7-8-18-13/h4-5,10,13,18,21-22H,3,6-9H2,1-2H3,(H,19,20)/t13?,16-,17?/m0/s1. The van der Waals surface area contributed by atoms with Gasteiger partial charge in [0.05, 0.1) is 5.54 Å². The number of fused-ring (bicyclic) bond motifs is 4. The summed E-state index contributed by atoms with van der Waals surface area (Å²) in [5.41, 5.74) is 0.999. The number of hydrogen-bond acceptors (Lipinski definition) is 4. The fourth-order valence-corrected chi connectivity index (χ4v) is 4.78. The van der Waals surface area contributed by atoms with E-state index in [2.05, 4.69) is 24.5 Å². The van der Waals surface area contributed by atoms with Crippen molar-refractivity contribution in [3.05, 3.63) is 23.3 Å². The molecule has 1 fully saturated rings. The first-order valence-electron chi connectivity index (χ1n) is 7.99. The lowest BCUT2D eigenvalue weighted by Gasteiger charge is -2.60. The van der Waals surface area contributed by atoms with E-state index < -0.39 is 11.0 Å². The van der Waals surface area contributed by atoms with Crippen molar-refractivity contribution in [1.82, 2.24) is 10.6 Å². The normalized spacial score (nSPS) is 33.1. The molecule has 0 saturated carbocycles. The Kier molecular flexibility index (Phi) is 3.56. The molecule has 2 unspecified atom stereocenters. The molecule has 2 aliphatic rings. The SMILES string of the molecule is CCCC1(NC=O)C2Cc3ccc(O)c(O)c3[C@]1(C)CCN2. The Labute approximate surface area is 130 Å². The number of phenolic OH excluding ortho intramolecular Hbond substituents is 2. The Morgan fingerprint density at radius 2 is 2.23 bits per heavy atom. The van der Waals surface area contributed by atoms with Crippen LogP contribution < -0.4 is 10.6 Å². The Morgan fingerprint density at radius 1 is 1.45 bits per heavy atom. The molecule has 5 heteroatoms. The van der Waals surface area contributed by atoms with Crippen molar-refractivity contribution in [2.24, 2.45) is 0 Å². The van der Waals surface area contributed by atoms with Crippen LogP contribution in [0.4, 0.5) is 0 Å². The number of nitrogens with one attached hydrogen (secondary N) is 2. The summed E-state index contributed by atoms with van der Waals surface area (Å²) in [4.78, 5) is 11.3. The molecule has 3 rings (SSSR count). The zero-order chi connectivity index (χ0) is 16.0. The monoisotopic (exact) mass is 304 g/mol. The van der Waals surface area contributed by atoms with E-state index in [0.29, 0.717) is 0 Å². The van der Waals surface area contributed by atoms with E-state index in [4.69, 9.17) is 0 Å². The fourth-order valence-electron chi connectivity index (χ4n) is 4.78. The van der Waals surface area contributed by atoms with Crippen LogP contribution in [-0.2, 0) is 16.6 Å². The number of amides is 1. The highest BCUT2D eigenvalue weighted by atomic mass is 16.3. The number of rotatable bonds is 4. The predicted octanol–water partition coefficient (Wildman–Crippen LogP) is 1.56. The van der Waals surface area contributed by atoms with Crippen molar-refractivity contribution in [2.45, 2.75) is 56.5 Å². The largest absolute Gasteiger partial charge is 0.504 e. The zero-order valence-corrected chi connectivity index (χ0v) is 13.1. The summed E-state index contributed by atoms with van der Waals surface area (Å²) in [5, 5.41) is 27.1. The molecule has 0 aromatic heterocycles. The average molecular weight is 304 g/mol. The number of benzene rings is 1. The van der Waals surface area contributed by atoms with Crippen LogP contribution in [0.1, 0.15) is 44.2 Å². The molecule has 0 spiro atoms. The minimum atomic E-state index is -0.444. The summed E-state index contributed by atoms with van der Waals surface area (Å²) in [7, 11) is 0. The summed E-state index contributed by atoms with van der Waals surface area (Å²) < 4.78 is 0. The van der Waals surface area contributed by atoms with E-state index in [1.165, 1.54) is 0 Å². The molecule has 1 amide bonds. The minimum absolute atomic E-state index is 0.0338. The van der Waals surface area contributed by atoms with Gasteiger partial charge in [0.15, 0.2) is 11.5 Å². The van der Waals surface area contributed by atoms with Crippen LogP contribution in [-0.4, -0.2) is 34.7 Å². The topological polar surface area (TPSA) is 81.6 Å². The van der Waals surface area contributed by atoms with Crippen LogP contribution >= 0.6 is 0 Å². The quantitative estimate of drug-likeness (QED) is 0.502. The van der Waals surface area contributed by atoms with Crippen LogP contribution in [0.25, 0.3) is 0 Å². The van der Waals surface area contributed by atoms with Gasteiger partial charge in [0.2, 0.25) is 6.41 Å². The van der Waals surface area contributed by atoms with Gasteiger partial charge in [-0.2, -0.15) is 0 Å². The van der Waals surface area contributed by atoms with Crippen molar-refractivity contribution < 1.29 is 15.0 Å². The second kappa shape index (κ2) is 5.16. The third kappa shape index (κ3) is 1.78. The lowest BCUT2D eigenvalue weighted by molar-refractivity contribution is -0.113. The molecular weight excluding hydrogens is 280 g/mol. The lowest BCUT2D eigenvalue weighted by atomic mass is 9.52. The highest BCUT2D eigenvalue weighted by Gasteiger charge is 2.59. The van der Waals surface area contributed by atoms with Crippen molar-refractivity contribution in [3.8, 4) is 11.5 Å². The summed E-state index contributed by atoms with van der Waals surface area (Å²) in [5.74, 6) is -0.123. The molecular formula is C17H24N2O3. The summed E-state index contributed by atoms with van der Waals surface area (Å²) in [6.07, 6.45) is 4.07. The van der Waals surface area contributed by atoms with Crippen LogP contribution in [0.3, 0.4) is 0 Å². The number of phenols is 2. The van der Waals surface area contributed by atoms with Gasteiger partial charge in [-0.3, -0.25) is 4.79 Å². The second-order valence-electron chi connectivity index (χ2n) is 6.74. The molecule has 1 aliphatic carbocycles. The first-order valence-corrected chi connectivity index (χ1v) is 7.99. The van der Waals surface area contributed by atoms with Crippen molar-refractivity contribution >= 4 is 6.41 Å². The van der Waals surface area contributed by atoms with Gasteiger partial charge in [-0.1, -0.05) is 26.3 Å². The van der Waals surface area contributed by atoms with E-state index in [1.54, 1.807) is 6.07 Å². The number of aromatic hydroxyl groups is 2. The lowest BCUT2D eigenvalue weighted by Crippen LogP contribution is -2.75. The molecule has 5 nitrogen and oxygen atoms in total. The van der Waals surface area contributed by atoms with Crippen molar-refractivity contribution in [3.63, 3.8) is 0 Å². The van der Waals surface area contributed by atoms with Gasteiger partial charge in [0.1, 0.15) is 0 Å². The Bertz CT molecular complexity index is 604. The fraction of sp³-hybridized carbons (Fsp3) is 0.588. The van der Waals surface area contributed by atoms with E-state index in [0.717, 1.165) is 49.8 Å². The molecule has 1 saturated heterocycles. The number of hydrogen-bond donors (Lipinski definition) is 4. The van der Waals surface area contributed by atoms with E-state index in [9.17, 15) is 15.0 Å². The molecule has 120 valence electrons. The predicted molar refractivity (Wildman–Crippen MR) is 84.1 cm³/mol. The summed E-state index contributed by atoms with van der Waals surface area (Å²) >= 11 is 0. The highest BCUT2D eigenvalue weighted by molar-refractivity contribution is 5.60. The summed E-state index contributed by atoms with van der Waals surface area (Å²) in [6, 6.07) is 3.57.